The van der Waals surface area contributed by atoms with Gasteiger partial charge in [0.05, 0.1) is 0 Å². The smallest absolute Gasteiger partial charge is 0.394 e. The van der Waals surface area contributed by atoms with Crippen LogP contribution in [0.25, 0.3) is 0 Å². The van der Waals surface area contributed by atoms with Crippen LogP contribution in [0.15, 0.2) is 0 Å². The molecule has 0 heterocycles. The Kier molecular flexibility index (Phi) is 21.0. The Morgan fingerprint density at radius 3 is 1.53 bits per heavy atom. The summed E-state index contributed by atoms with van der Waals surface area (Å²) in [6.07, 6.45) is 0.728. The van der Waals surface area contributed by atoms with Gasteiger partial charge in [-0.1, -0.05) is 0 Å². The maximum Gasteiger partial charge on any atom is 0.500 e. The Morgan fingerprint density at radius 2 is 1.32 bits per heavy atom. The normalized spacial score (nSPS) is 10.7. The summed E-state index contributed by atoms with van der Waals surface area (Å²) in [7, 11) is -2.40. The Morgan fingerprint density at radius 1 is 1.00 bits per heavy atom. The summed E-state index contributed by atoms with van der Waals surface area (Å²) >= 11 is 0. The fourth-order valence-corrected chi connectivity index (χ4v) is 3.96. The quantitative estimate of drug-likeness (QED) is 0.638. The van der Waals surface area contributed by atoms with Crippen LogP contribution in [0.3, 0.4) is 0 Å². The van der Waals surface area contributed by atoms with Crippen LogP contribution < -0.4 is 5.73 Å². The van der Waals surface area contributed by atoms with E-state index in [-0.39, 0.29) is 18.5 Å². The summed E-state index contributed by atoms with van der Waals surface area (Å²) < 4.78 is 17.0. The van der Waals surface area contributed by atoms with Crippen LogP contribution in [-0.4, -0.2) is 46.4 Å². The minimum absolute atomic E-state index is 0. The molecule has 0 aromatic heterocycles. The van der Waals surface area contributed by atoms with Gasteiger partial charge in [-0.2, -0.15) is 0 Å². The predicted molar refractivity (Wildman–Crippen MR) is 83.7 cm³/mol. The zero-order valence-electron chi connectivity index (χ0n) is 13.0. The van der Waals surface area contributed by atoms with Crippen molar-refractivity contribution in [1.82, 2.24) is 0 Å². The Balaban J connectivity index is -0.000000448. The first-order valence-electron chi connectivity index (χ1n) is 6.77. The molecule has 3 N–H and O–H groups in total. The van der Waals surface area contributed by atoms with Crippen LogP contribution in [0.1, 0.15) is 41.0 Å². The molecule has 0 saturated carbocycles. The van der Waals surface area contributed by atoms with E-state index in [9.17, 15) is 0 Å². The van der Waals surface area contributed by atoms with Crippen LogP contribution in [0, 0.1) is 0 Å². The molecular formula is C12H32ClNO4Si. The Labute approximate surface area is 125 Å². The molecule has 0 saturated heterocycles. The first kappa shape index (κ1) is 24.3. The SMILES string of the molecule is CC(C)O.CCO[Si](CCCN)(OCC)OCC.Cl. The van der Waals surface area contributed by atoms with Gasteiger partial charge < -0.3 is 24.1 Å². The second-order valence-electron chi connectivity index (χ2n) is 3.97. The molecule has 0 atom stereocenters. The fraction of sp³-hybridized carbons (Fsp3) is 1.00. The molecule has 0 radical (unpaired) electrons. The average molecular weight is 318 g/mol. The van der Waals surface area contributed by atoms with E-state index in [4.69, 9.17) is 24.1 Å². The molecule has 0 aromatic carbocycles. The minimum atomic E-state index is -2.40. The first-order chi connectivity index (χ1) is 8.47. The Hall–Kier alpha value is 0.307. The van der Waals surface area contributed by atoms with Gasteiger partial charge in [-0.05, 0) is 47.6 Å². The van der Waals surface area contributed by atoms with Gasteiger partial charge in [-0.25, -0.2) is 0 Å². The number of aliphatic hydroxyl groups excluding tert-OH is 1. The average Bonchev–Trinajstić information content (AvgIpc) is 2.27. The molecule has 0 aromatic rings. The second kappa shape index (κ2) is 16.4. The number of hydrogen-bond acceptors (Lipinski definition) is 5. The highest BCUT2D eigenvalue weighted by atomic mass is 35.5. The van der Waals surface area contributed by atoms with Crippen LogP contribution in [0.4, 0.5) is 0 Å². The predicted octanol–water partition coefficient (Wildman–Crippen LogP) is 2.19. The molecule has 0 aliphatic carbocycles. The molecule has 0 aliphatic heterocycles. The summed E-state index contributed by atoms with van der Waals surface area (Å²) in [6.45, 7) is 11.9. The van der Waals surface area contributed by atoms with Crippen LogP contribution in [0.5, 0.6) is 0 Å². The standard InChI is InChI=1S/C9H23NO3Si.C3H8O.ClH/c1-4-11-14(12-5-2,13-6-3)9-7-8-10;1-3(2)4;/h4-10H2,1-3H3;3-4H,1-2H3;1H. The van der Waals surface area contributed by atoms with Gasteiger partial charge in [0, 0.05) is 32.0 Å². The molecule has 0 fully saturated rings. The maximum absolute atomic E-state index is 8.06. The number of nitrogens with two attached hydrogens (primary N) is 1. The maximum atomic E-state index is 8.06. The summed E-state index contributed by atoms with van der Waals surface area (Å²) in [5, 5.41) is 8.06. The van der Waals surface area contributed by atoms with Crippen molar-refractivity contribution >= 4 is 21.2 Å². The number of rotatable bonds is 9. The number of hydrogen-bond donors (Lipinski definition) is 2. The summed E-state index contributed by atoms with van der Waals surface area (Å²) in [6, 6.07) is 0.818. The lowest BCUT2D eigenvalue weighted by molar-refractivity contribution is 0.0710. The van der Waals surface area contributed by atoms with E-state index in [0.29, 0.717) is 26.4 Å². The van der Waals surface area contributed by atoms with E-state index >= 15 is 0 Å². The van der Waals surface area contributed by atoms with Crippen molar-refractivity contribution in [3.05, 3.63) is 0 Å². The molecule has 0 unspecified atom stereocenters. The zero-order valence-corrected chi connectivity index (χ0v) is 14.8. The molecule has 0 bridgehead atoms. The molecular weight excluding hydrogens is 286 g/mol. The summed E-state index contributed by atoms with van der Waals surface area (Å²) in [5.74, 6) is 0. The number of halogens is 1. The van der Waals surface area contributed by atoms with E-state index in [2.05, 4.69) is 0 Å². The van der Waals surface area contributed by atoms with Crippen molar-refractivity contribution in [2.24, 2.45) is 5.73 Å². The van der Waals surface area contributed by atoms with Crippen molar-refractivity contribution in [2.45, 2.75) is 53.2 Å². The molecule has 19 heavy (non-hydrogen) atoms. The van der Waals surface area contributed by atoms with Crippen LogP contribution >= 0.6 is 12.4 Å². The van der Waals surface area contributed by atoms with Gasteiger partial charge >= 0.3 is 8.80 Å². The molecule has 0 spiro atoms. The third kappa shape index (κ3) is 16.3. The van der Waals surface area contributed by atoms with Gasteiger partial charge in [0.15, 0.2) is 0 Å². The molecule has 7 heteroatoms. The summed E-state index contributed by atoms with van der Waals surface area (Å²) in [5.41, 5.74) is 5.48. The minimum Gasteiger partial charge on any atom is -0.394 e. The Bertz CT molecular complexity index is 156. The molecule has 0 rings (SSSR count). The van der Waals surface area contributed by atoms with Crippen LogP contribution in [0.2, 0.25) is 6.04 Å². The fourth-order valence-electron chi connectivity index (χ4n) is 1.32. The molecule has 120 valence electrons. The lowest BCUT2D eigenvalue weighted by atomic mass is 10.5. The lowest BCUT2D eigenvalue weighted by Gasteiger charge is -2.28. The van der Waals surface area contributed by atoms with Gasteiger partial charge in [0.2, 0.25) is 0 Å². The van der Waals surface area contributed by atoms with E-state index in [1.807, 2.05) is 20.8 Å². The van der Waals surface area contributed by atoms with Crippen molar-refractivity contribution in [3.8, 4) is 0 Å². The summed E-state index contributed by atoms with van der Waals surface area (Å²) in [4.78, 5) is 0. The van der Waals surface area contributed by atoms with Gasteiger partial charge in [0.25, 0.3) is 0 Å². The highest BCUT2D eigenvalue weighted by Crippen LogP contribution is 2.17. The second-order valence-corrected chi connectivity index (χ2v) is 6.70. The van der Waals surface area contributed by atoms with E-state index in [0.717, 1.165) is 12.5 Å². The first-order valence-corrected chi connectivity index (χ1v) is 8.71. The zero-order chi connectivity index (χ0) is 14.4. The van der Waals surface area contributed by atoms with Gasteiger partial charge in [-0.3, -0.25) is 0 Å². The molecule has 0 aliphatic rings. The molecule has 0 amide bonds. The largest absolute Gasteiger partial charge is 0.500 e. The third-order valence-electron chi connectivity index (χ3n) is 1.78. The topological polar surface area (TPSA) is 73.9 Å². The van der Waals surface area contributed by atoms with Crippen molar-refractivity contribution < 1.29 is 18.4 Å². The highest BCUT2D eigenvalue weighted by molar-refractivity contribution is 6.60. The van der Waals surface area contributed by atoms with E-state index < -0.39 is 8.80 Å². The lowest BCUT2D eigenvalue weighted by Crippen LogP contribution is -2.46. The van der Waals surface area contributed by atoms with Crippen LogP contribution in [-0.2, 0) is 13.3 Å². The third-order valence-corrected chi connectivity index (χ3v) is 4.93. The molecule has 5 nitrogen and oxygen atoms in total. The van der Waals surface area contributed by atoms with Crippen molar-refractivity contribution in [2.75, 3.05) is 26.4 Å². The van der Waals surface area contributed by atoms with Gasteiger partial charge in [0.1, 0.15) is 0 Å². The van der Waals surface area contributed by atoms with E-state index in [1.54, 1.807) is 13.8 Å². The van der Waals surface area contributed by atoms with Crippen molar-refractivity contribution in [1.29, 1.82) is 0 Å². The van der Waals surface area contributed by atoms with E-state index in [1.165, 1.54) is 0 Å². The highest BCUT2D eigenvalue weighted by Gasteiger charge is 2.39. The number of aliphatic hydroxyl groups is 1. The van der Waals surface area contributed by atoms with Gasteiger partial charge in [-0.15, -0.1) is 12.4 Å². The monoisotopic (exact) mass is 317 g/mol. The van der Waals surface area contributed by atoms with Crippen molar-refractivity contribution in [3.63, 3.8) is 0 Å².